The van der Waals surface area contributed by atoms with Gasteiger partial charge >= 0.3 is 5.97 Å². The van der Waals surface area contributed by atoms with Gasteiger partial charge in [0.05, 0.1) is 18.8 Å². The zero-order valence-electron chi connectivity index (χ0n) is 10.3. The van der Waals surface area contributed by atoms with E-state index in [0.29, 0.717) is 16.8 Å². The Morgan fingerprint density at radius 3 is 2.63 bits per heavy atom. The highest BCUT2D eigenvalue weighted by atomic mass is 16.5. The molecule has 2 aliphatic rings. The van der Waals surface area contributed by atoms with Crippen molar-refractivity contribution in [2.75, 3.05) is 13.2 Å². The maximum Gasteiger partial charge on any atom is 0.344 e. The summed E-state index contributed by atoms with van der Waals surface area (Å²) in [5.41, 5.74) is 1.53. The van der Waals surface area contributed by atoms with E-state index < -0.39 is 5.97 Å². The maximum absolute atomic E-state index is 12.1. The second-order valence-corrected chi connectivity index (χ2v) is 4.30. The molecule has 96 valence electrons. The van der Waals surface area contributed by atoms with E-state index in [2.05, 4.69) is 0 Å². The van der Waals surface area contributed by atoms with Crippen molar-refractivity contribution in [2.45, 2.75) is 6.92 Å². The molecule has 0 N–H and O–H groups in total. The van der Waals surface area contributed by atoms with Crippen molar-refractivity contribution < 1.29 is 19.1 Å². The van der Waals surface area contributed by atoms with Crippen LogP contribution in [0.15, 0.2) is 29.8 Å². The molecule has 1 aromatic carbocycles. The summed E-state index contributed by atoms with van der Waals surface area (Å²) in [5, 5.41) is 0. The van der Waals surface area contributed by atoms with Gasteiger partial charge in [-0.1, -0.05) is 18.2 Å². The van der Waals surface area contributed by atoms with Crippen LogP contribution in [0.4, 0.5) is 0 Å². The minimum atomic E-state index is -0.658. The first kappa shape index (κ1) is 11.6. The van der Waals surface area contributed by atoms with Crippen LogP contribution in [0.1, 0.15) is 22.8 Å². The first-order valence-corrected chi connectivity index (χ1v) is 6.01. The molecule has 0 bridgehead atoms. The smallest absolute Gasteiger partial charge is 0.344 e. The molecule has 0 spiro atoms. The van der Waals surface area contributed by atoms with Crippen molar-refractivity contribution in [3.63, 3.8) is 0 Å². The Morgan fingerprint density at radius 1 is 1.26 bits per heavy atom. The SMILES string of the molecule is CCOC(=O)C1=C2c3ccccc3C(=O)N2CC1=O. The Hall–Kier alpha value is -2.43. The maximum atomic E-state index is 12.1. The van der Waals surface area contributed by atoms with Crippen LogP contribution in [-0.4, -0.2) is 35.7 Å². The van der Waals surface area contributed by atoms with Gasteiger partial charge in [0, 0.05) is 11.1 Å². The molecule has 2 aliphatic heterocycles. The number of fused-ring (bicyclic) bond motifs is 3. The van der Waals surface area contributed by atoms with E-state index in [1.807, 2.05) is 0 Å². The summed E-state index contributed by atoms with van der Waals surface area (Å²) >= 11 is 0. The minimum Gasteiger partial charge on any atom is -0.462 e. The fourth-order valence-electron chi connectivity index (χ4n) is 2.46. The summed E-state index contributed by atoms with van der Waals surface area (Å²) in [5.74, 6) is -1.26. The number of hydrogen-bond donors (Lipinski definition) is 0. The predicted octanol–water partition coefficient (Wildman–Crippen LogP) is 0.999. The van der Waals surface area contributed by atoms with E-state index in [4.69, 9.17) is 4.74 Å². The number of amides is 1. The van der Waals surface area contributed by atoms with Crippen LogP contribution < -0.4 is 0 Å². The van der Waals surface area contributed by atoms with E-state index in [0.717, 1.165) is 0 Å². The van der Waals surface area contributed by atoms with E-state index in [1.165, 1.54) is 4.90 Å². The van der Waals surface area contributed by atoms with E-state index in [9.17, 15) is 14.4 Å². The van der Waals surface area contributed by atoms with Crippen LogP contribution in [-0.2, 0) is 14.3 Å². The molecule has 2 heterocycles. The summed E-state index contributed by atoms with van der Waals surface area (Å²) in [7, 11) is 0. The van der Waals surface area contributed by atoms with Gasteiger partial charge in [-0.2, -0.15) is 0 Å². The fraction of sp³-hybridized carbons (Fsp3) is 0.214. The quantitative estimate of drug-likeness (QED) is 0.585. The number of hydrogen-bond acceptors (Lipinski definition) is 4. The van der Waals surface area contributed by atoms with Crippen molar-refractivity contribution >= 4 is 23.4 Å². The van der Waals surface area contributed by atoms with Crippen LogP contribution in [0.2, 0.25) is 0 Å². The normalized spacial score (nSPS) is 16.8. The lowest BCUT2D eigenvalue weighted by atomic mass is 10.0. The minimum absolute atomic E-state index is 0.0137. The summed E-state index contributed by atoms with van der Waals surface area (Å²) in [6.45, 7) is 1.78. The number of rotatable bonds is 2. The van der Waals surface area contributed by atoms with E-state index in [1.54, 1.807) is 31.2 Å². The molecule has 0 atom stereocenters. The average Bonchev–Trinajstić information content (AvgIpc) is 2.87. The lowest BCUT2D eigenvalue weighted by Gasteiger charge is -2.09. The van der Waals surface area contributed by atoms with Crippen LogP contribution in [0, 0.1) is 0 Å². The highest BCUT2D eigenvalue weighted by Gasteiger charge is 2.44. The van der Waals surface area contributed by atoms with Crippen molar-refractivity contribution in [3.05, 3.63) is 41.0 Å². The number of carbonyl (C=O) groups excluding carboxylic acids is 3. The summed E-state index contributed by atoms with van der Waals surface area (Å²) in [6, 6.07) is 6.95. The molecular formula is C14H11NO4. The Kier molecular flexibility index (Phi) is 2.48. The molecule has 0 fully saturated rings. The highest BCUT2D eigenvalue weighted by Crippen LogP contribution is 2.39. The van der Waals surface area contributed by atoms with Crippen molar-refractivity contribution in [1.29, 1.82) is 0 Å². The van der Waals surface area contributed by atoms with Gasteiger partial charge < -0.3 is 4.74 Å². The van der Waals surface area contributed by atoms with E-state index in [-0.39, 0.29) is 30.4 Å². The second kappa shape index (κ2) is 4.05. The van der Waals surface area contributed by atoms with Crippen molar-refractivity contribution in [2.24, 2.45) is 0 Å². The Morgan fingerprint density at radius 2 is 1.95 bits per heavy atom. The monoisotopic (exact) mass is 257 g/mol. The molecule has 0 saturated heterocycles. The topological polar surface area (TPSA) is 63.7 Å². The van der Waals surface area contributed by atoms with Gasteiger partial charge in [-0.25, -0.2) is 4.79 Å². The molecule has 1 amide bonds. The molecule has 5 heteroatoms. The third-order valence-corrected chi connectivity index (χ3v) is 3.22. The fourth-order valence-corrected chi connectivity index (χ4v) is 2.46. The van der Waals surface area contributed by atoms with Crippen LogP contribution in [0.5, 0.6) is 0 Å². The zero-order valence-corrected chi connectivity index (χ0v) is 10.3. The van der Waals surface area contributed by atoms with Gasteiger partial charge in [0.25, 0.3) is 5.91 Å². The second-order valence-electron chi connectivity index (χ2n) is 4.30. The largest absolute Gasteiger partial charge is 0.462 e. The Bertz CT molecular complexity index is 645. The third kappa shape index (κ3) is 1.51. The van der Waals surface area contributed by atoms with Gasteiger partial charge in [0.2, 0.25) is 0 Å². The zero-order chi connectivity index (χ0) is 13.6. The lowest BCUT2D eigenvalue weighted by molar-refractivity contribution is -0.139. The lowest BCUT2D eigenvalue weighted by Crippen LogP contribution is -2.23. The molecule has 5 nitrogen and oxygen atoms in total. The highest BCUT2D eigenvalue weighted by molar-refractivity contribution is 6.30. The average molecular weight is 257 g/mol. The molecule has 19 heavy (non-hydrogen) atoms. The summed E-state index contributed by atoms with van der Waals surface area (Å²) in [4.78, 5) is 37.3. The number of esters is 1. The van der Waals surface area contributed by atoms with Gasteiger partial charge in [0.1, 0.15) is 5.57 Å². The molecule has 0 saturated carbocycles. The first-order valence-electron chi connectivity index (χ1n) is 6.01. The molecule has 0 unspecified atom stereocenters. The number of nitrogens with zero attached hydrogens (tertiary/aromatic N) is 1. The van der Waals surface area contributed by atoms with Gasteiger partial charge in [-0.3, -0.25) is 14.5 Å². The standard InChI is InChI=1S/C14H11NO4/c1-2-19-14(18)11-10(16)7-15-12(11)8-5-3-4-6-9(8)13(15)17/h3-6H,2,7H2,1H3. The molecule has 0 radical (unpaired) electrons. The molecular weight excluding hydrogens is 246 g/mol. The Balaban J connectivity index is 2.20. The first-order chi connectivity index (χ1) is 9.15. The predicted molar refractivity (Wildman–Crippen MR) is 66.0 cm³/mol. The van der Waals surface area contributed by atoms with Gasteiger partial charge in [0.15, 0.2) is 5.78 Å². The summed E-state index contributed by atoms with van der Waals surface area (Å²) in [6.07, 6.45) is 0. The number of Topliss-reactive ketones (excluding diaryl/α,β-unsaturated/α-hetero) is 1. The van der Waals surface area contributed by atoms with Crippen LogP contribution in [0.3, 0.4) is 0 Å². The van der Waals surface area contributed by atoms with E-state index >= 15 is 0 Å². The number of benzene rings is 1. The summed E-state index contributed by atoms with van der Waals surface area (Å²) < 4.78 is 4.90. The van der Waals surface area contributed by atoms with Crippen LogP contribution >= 0.6 is 0 Å². The van der Waals surface area contributed by atoms with Gasteiger partial charge in [-0.05, 0) is 13.0 Å². The number of ketones is 1. The third-order valence-electron chi connectivity index (χ3n) is 3.22. The number of carbonyl (C=O) groups is 3. The molecule has 1 aromatic rings. The molecule has 0 aromatic heterocycles. The van der Waals surface area contributed by atoms with Crippen molar-refractivity contribution in [1.82, 2.24) is 4.90 Å². The van der Waals surface area contributed by atoms with Gasteiger partial charge in [-0.15, -0.1) is 0 Å². The number of ether oxygens (including phenoxy) is 1. The Labute approximate surface area is 109 Å². The molecule has 0 aliphatic carbocycles. The van der Waals surface area contributed by atoms with Crippen LogP contribution in [0.25, 0.3) is 5.70 Å². The molecule has 3 rings (SSSR count). The van der Waals surface area contributed by atoms with Crippen molar-refractivity contribution in [3.8, 4) is 0 Å².